The van der Waals surface area contributed by atoms with Crippen molar-refractivity contribution in [2.24, 2.45) is 0 Å². The molecule has 28 heavy (non-hydrogen) atoms. The summed E-state index contributed by atoms with van der Waals surface area (Å²) in [6, 6.07) is 18.1. The molecule has 6 heteroatoms. The molecule has 0 unspecified atom stereocenters. The first-order valence-electron chi connectivity index (χ1n) is 9.31. The zero-order valence-corrected chi connectivity index (χ0v) is 15.8. The molecule has 0 radical (unpaired) electrons. The Balaban J connectivity index is 1.35. The van der Waals surface area contributed by atoms with Gasteiger partial charge in [0.25, 0.3) is 0 Å². The molecule has 0 atom stereocenters. The Morgan fingerprint density at radius 1 is 0.964 bits per heavy atom. The lowest BCUT2D eigenvalue weighted by Gasteiger charge is -2.10. The summed E-state index contributed by atoms with van der Waals surface area (Å²) in [5.41, 5.74) is 3.53. The largest absolute Gasteiger partial charge is 0.496 e. The molecule has 4 rings (SSSR count). The van der Waals surface area contributed by atoms with Gasteiger partial charge in [-0.05, 0) is 30.2 Å². The minimum atomic E-state index is 0.586. The van der Waals surface area contributed by atoms with Gasteiger partial charge in [0.05, 0.1) is 7.11 Å². The summed E-state index contributed by atoms with van der Waals surface area (Å²) in [6.07, 6.45) is 4.75. The predicted octanol–water partition coefficient (Wildman–Crippen LogP) is 4.23. The van der Waals surface area contributed by atoms with Gasteiger partial charge >= 0.3 is 0 Å². The fourth-order valence-corrected chi connectivity index (χ4v) is 3.23. The maximum atomic E-state index is 5.38. The van der Waals surface area contributed by atoms with Crippen LogP contribution in [-0.2, 0) is 13.0 Å². The fourth-order valence-electron chi connectivity index (χ4n) is 3.23. The number of benzene rings is 2. The first kappa shape index (κ1) is 17.9. The van der Waals surface area contributed by atoms with Crippen molar-refractivity contribution >= 4 is 22.7 Å². The van der Waals surface area contributed by atoms with Crippen LogP contribution in [0.1, 0.15) is 11.1 Å². The van der Waals surface area contributed by atoms with Crippen molar-refractivity contribution in [3.8, 4) is 5.75 Å². The molecule has 0 aliphatic heterocycles. The number of aromatic amines is 1. The van der Waals surface area contributed by atoms with Crippen LogP contribution in [0.3, 0.4) is 0 Å². The second-order valence-electron chi connectivity index (χ2n) is 6.47. The summed E-state index contributed by atoms with van der Waals surface area (Å²) < 4.78 is 5.38. The van der Waals surface area contributed by atoms with Crippen LogP contribution in [0.4, 0.5) is 11.8 Å². The lowest BCUT2D eigenvalue weighted by atomic mass is 10.1. The summed E-state index contributed by atoms with van der Waals surface area (Å²) in [5, 5.41) is 7.91. The molecule has 2 aromatic carbocycles. The van der Waals surface area contributed by atoms with Crippen LogP contribution >= 0.6 is 0 Å². The highest BCUT2D eigenvalue weighted by Gasteiger charge is 2.05. The van der Waals surface area contributed by atoms with Crippen LogP contribution in [0.2, 0.25) is 0 Å². The number of hydrogen-bond acceptors (Lipinski definition) is 5. The van der Waals surface area contributed by atoms with E-state index in [-0.39, 0.29) is 0 Å². The van der Waals surface area contributed by atoms with Gasteiger partial charge in [-0.25, -0.2) is 4.98 Å². The third kappa shape index (κ3) is 4.06. The van der Waals surface area contributed by atoms with E-state index in [4.69, 9.17) is 4.74 Å². The van der Waals surface area contributed by atoms with Crippen molar-refractivity contribution < 1.29 is 4.74 Å². The number of anilines is 2. The summed E-state index contributed by atoms with van der Waals surface area (Å²) in [5.74, 6) is 2.24. The number of para-hydroxylation sites is 2. The standard InChI is InChI=1S/C22H23N5O/c1-28-20-9-5-2-6-17(20)15-26-22-24-13-11-21(27-22)23-12-10-16-14-25-19-8-4-3-7-18(16)19/h2-9,11,13-14,25H,10,12,15H2,1H3,(H2,23,24,26,27). The highest BCUT2D eigenvalue weighted by atomic mass is 16.5. The van der Waals surface area contributed by atoms with Crippen LogP contribution in [0.5, 0.6) is 5.75 Å². The van der Waals surface area contributed by atoms with Crippen LogP contribution in [0.15, 0.2) is 67.0 Å². The van der Waals surface area contributed by atoms with Crippen molar-refractivity contribution in [3.05, 3.63) is 78.1 Å². The Morgan fingerprint density at radius 3 is 2.75 bits per heavy atom. The zero-order chi connectivity index (χ0) is 19.2. The highest BCUT2D eigenvalue weighted by molar-refractivity contribution is 5.83. The van der Waals surface area contributed by atoms with E-state index < -0.39 is 0 Å². The normalized spacial score (nSPS) is 10.8. The number of ether oxygens (including phenoxy) is 1. The second-order valence-corrected chi connectivity index (χ2v) is 6.47. The van der Waals surface area contributed by atoms with E-state index in [1.807, 2.05) is 36.4 Å². The van der Waals surface area contributed by atoms with E-state index in [0.717, 1.165) is 30.1 Å². The monoisotopic (exact) mass is 373 g/mol. The van der Waals surface area contributed by atoms with Crippen LogP contribution in [-0.4, -0.2) is 28.6 Å². The molecule has 0 bridgehead atoms. The second kappa shape index (κ2) is 8.43. The van der Waals surface area contributed by atoms with Gasteiger partial charge in [-0.1, -0.05) is 36.4 Å². The molecule has 2 aromatic heterocycles. The van der Waals surface area contributed by atoms with E-state index in [0.29, 0.717) is 12.5 Å². The summed E-state index contributed by atoms with van der Waals surface area (Å²) in [4.78, 5) is 12.2. The minimum Gasteiger partial charge on any atom is -0.496 e. The number of aromatic nitrogens is 3. The summed E-state index contributed by atoms with van der Waals surface area (Å²) in [7, 11) is 1.67. The Morgan fingerprint density at radius 2 is 1.82 bits per heavy atom. The lowest BCUT2D eigenvalue weighted by Crippen LogP contribution is -2.09. The van der Waals surface area contributed by atoms with E-state index in [1.165, 1.54) is 16.5 Å². The molecule has 0 spiro atoms. The number of methoxy groups -OCH3 is 1. The number of nitrogens with zero attached hydrogens (tertiary/aromatic N) is 2. The molecule has 0 fully saturated rings. The third-order valence-corrected chi connectivity index (χ3v) is 4.66. The molecule has 0 amide bonds. The molecule has 0 aliphatic carbocycles. The molecule has 3 N–H and O–H groups in total. The number of fused-ring (bicyclic) bond motifs is 1. The molecule has 2 heterocycles. The van der Waals surface area contributed by atoms with E-state index in [2.05, 4.69) is 50.0 Å². The van der Waals surface area contributed by atoms with E-state index in [1.54, 1.807) is 13.3 Å². The quantitative estimate of drug-likeness (QED) is 0.431. The number of hydrogen-bond donors (Lipinski definition) is 3. The maximum absolute atomic E-state index is 5.38. The predicted molar refractivity (Wildman–Crippen MR) is 113 cm³/mol. The highest BCUT2D eigenvalue weighted by Crippen LogP contribution is 2.19. The fraction of sp³-hybridized carbons (Fsp3) is 0.182. The van der Waals surface area contributed by atoms with Crippen LogP contribution < -0.4 is 15.4 Å². The Kier molecular flexibility index (Phi) is 5.38. The molecular weight excluding hydrogens is 350 g/mol. The first-order valence-corrected chi connectivity index (χ1v) is 9.31. The first-order chi connectivity index (χ1) is 13.8. The van der Waals surface area contributed by atoms with Gasteiger partial charge in [0, 0.05) is 41.9 Å². The van der Waals surface area contributed by atoms with E-state index in [9.17, 15) is 0 Å². The SMILES string of the molecule is COc1ccccc1CNc1nccc(NCCc2c[nH]c3ccccc23)n1. The van der Waals surface area contributed by atoms with Gasteiger partial charge in [-0.2, -0.15) is 4.98 Å². The Bertz CT molecular complexity index is 1060. The van der Waals surface area contributed by atoms with Gasteiger partial charge in [-0.15, -0.1) is 0 Å². The maximum Gasteiger partial charge on any atom is 0.224 e. The van der Waals surface area contributed by atoms with Crippen LogP contribution in [0.25, 0.3) is 10.9 Å². The molecular formula is C22H23N5O. The van der Waals surface area contributed by atoms with Gasteiger partial charge in [0.15, 0.2) is 0 Å². The van der Waals surface area contributed by atoms with Gasteiger partial charge in [0.2, 0.25) is 5.95 Å². The molecule has 0 saturated heterocycles. The summed E-state index contributed by atoms with van der Waals surface area (Å²) >= 11 is 0. The van der Waals surface area contributed by atoms with E-state index >= 15 is 0 Å². The lowest BCUT2D eigenvalue weighted by molar-refractivity contribution is 0.410. The van der Waals surface area contributed by atoms with Gasteiger partial charge in [-0.3, -0.25) is 0 Å². The summed E-state index contributed by atoms with van der Waals surface area (Å²) in [6.45, 7) is 1.40. The molecule has 6 nitrogen and oxygen atoms in total. The minimum absolute atomic E-state index is 0.586. The van der Waals surface area contributed by atoms with Crippen molar-refractivity contribution in [2.75, 3.05) is 24.3 Å². The smallest absolute Gasteiger partial charge is 0.224 e. The van der Waals surface area contributed by atoms with Crippen molar-refractivity contribution in [1.82, 2.24) is 15.0 Å². The number of H-pyrrole nitrogens is 1. The Labute approximate surface area is 164 Å². The Hall–Kier alpha value is -3.54. The van der Waals surface area contributed by atoms with Crippen molar-refractivity contribution in [1.29, 1.82) is 0 Å². The molecule has 142 valence electrons. The average molecular weight is 373 g/mol. The zero-order valence-electron chi connectivity index (χ0n) is 15.8. The average Bonchev–Trinajstić information content (AvgIpc) is 3.16. The molecule has 0 aliphatic rings. The van der Waals surface area contributed by atoms with Gasteiger partial charge < -0.3 is 20.4 Å². The van der Waals surface area contributed by atoms with Crippen LogP contribution in [0, 0.1) is 0 Å². The van der Waals surface area contributed by atoms with Gasteiger partial charge in [0.1, 0.15) is 11.6 Å². The molecule has 0 saturated carbocycles. The molecule has 4 aromatic rings. The third-order valence-electron chi connectivity index (χ3n) is 4.66. The van der Waals surface area contributed by atoms with Crippen molar-refractivity contribution in [2.45, 2.75) is 13.0 Å². The topological polar surface area (TPSA) is 74.9 Å². The number of rotatable bonds is 8. The van der Waals surface area contributed by atoms with Crippen molar-refractivity contribution in [3.63, 3.8) is 0 Å². The number of nitrogens with one attached hydrogen (secondary N) is 3.